The molecule has 0 fully saturated rings. The fourth-order valence-corrected chi connectivity index (χ4v) is 4.46. The number of hydrogen-bond acceptors (Lipinski definition) is 2. The van der Waals surface area contributed by atoms with Crippen LogP contribution in [0.4, 0.5) is 0 Å². The van der Waals surface area contributed by atoms with Crippen LogP contribution in [0, 0.1) is 5.92 Å². The van der Waals surface area contributed by atoms with Gasteiger partial charge in [-0.1, -0.05) is 13.3 Å². The van der Waals surface area contributed by atoms with E-state index in [0.29, 0.717) is 0 Å². The van der Waals surface area contributed by atoms with E-state index in [9.17, 15) is 9.59 Å². The van der Waals surface area contributed by atoms with Gasteiger partial charge in [0.2, 0.25) is 0 Å². The molecule has 2 N–H and O–H groups in total. The van der Waals surface area contributed by atoms with Crippen molar-refractivity contribution in [2.75, 3.05) is 0 Å². The minimum absolute atomic E-state index is 0.806. The van der Waals surface area contributed by atoms with Gasteiger partial charge in [-0.25, -0.2) is 0 Å². The first kappa shape index (κ1) is 31.1. The molecule has 0 radical (unpaired) electrons. The van der Waals surface area contributed by atoms with Crippen molar-refractivity contribution in [3.05, 3.63) is 0 Å². The summed E-state index contributed by atoms with van der Waals surface area (Å²) >= 11 is 1.41. The molecule has 0 aliphatic heterocycles. The SMILES string of the molecule is CCCCCCCCCCCCC([CH2][Na])CCCCCCC.O=C(O)CC(=O)O. The summed E-state index contributed by atoms with van der Waals surface area (Å²) in [4.78, 5) is 18.9. The van der Waals surface area contributed by atoms with Crippen LogP contribution in [0.2, 0.25) is 3.67 Å². The quantitative estimate of drug-likeness (QED) is 0.122. The molecule has 4 nitrogen and oxygen atoms in total. The summed E-state index contributed by atoms with van der Waals surface area (Å²) in [6.45, 7) is 4.61. The second-order valence-electron chi connectivity index (χ2n) is 8.41. The molecule has 1 atom stereocenters. The van der Waals surface area contributed by atoms with Gasteiger partial charge in [-0.05, 0) is 0 Å². The molecule has 0 bridgehead atoms. The van der Waals surface area contributed by atoms with Crippen molar-refractivity contribution >= 4 is 39.9 Å². The minimum atomic E-state index is -1.31. The first-order chi connectivity index (χ1) is 14.0. The normalized spacial score (nSPS) is 11.6. The van der Waals surface area contributed by atoms with Gasteiger partial charge in [0.1, 0.15) is 6.42 Å². The van der Waals surface area contributed by atoms with Gasteiger partial charge in [0.05, 0.1) is 0 Å². The molecule has 0 heterocycles. The van der Waals surface area contributed by atoms with E-state index in [0.717, 1.165) is 5.92 Å². The Morgan fingerprint density at radius 3 is 1.17 bits per heavy atom. The second-order valence-corrected chi connectivity index (χ2v) is 9.23. The van der Waals surface area contributed by atoms with Crippen LogP contribution in [0.1, 0.15) is 129 Å². The Kier molecular flexibility index (Phi) is 27.9. The van der Waals surface area contributed by atoms with Crippen LogP contribution in [0.5, 0.6) is 0 Å². The Morgan fingerprint density at radius 1 is 0.621 bits per heavy atom. The number of carboxylic acids is 2. The summed E-state index contributed by atoms with van der Waals surface area (Å²) in [7, 11) is 0. The zero-order chi connectivity index (χ0) is 22.2. The van der Waals surface area contributed by atoms with E-state index in [4.69, 9.17) is 10.2 Å². The molecule has 29 heavy (non-hydrogen) atoms. The molecule has 0 saturated carbocycles. The molecule has 0 saturated heterocycles. The monoisotopic (exact) mass is 422 g/mol. The van der Waals surface area contributed by atoms with Crippen LogP contribution in [0.15, 0.2) is 0 Å². The van der Waals surface area contributed by atoms with Crippen molar-refractivity contribution in [1.29, 1.82) is 0 Å². The molecule has 0 amide bonds. The number of unbranched alkanes of at least 4 members (excludes halogenated alkanes) is 13. The number of carbonyl (C=O) groups is 2. The maximum Gasteiger partial charge on any atom is 0.314 e. The molecule has 0 aliphatic rings. The predicted molar refractivity (Wildman–Crippen MR) is 124 cm³/mol. The smallest absolute Gasteiger partial charge is 0.314 e. The first-order valence-corrected chi connectivity index (χ1v) is 13.8. The Bertz CT molecular complexity index is 349. The van der Waals surface area contributed by atoms with Crippen LogP contribution in [0.3, 0.4) is 0 Å². The predicted octanol–water partition coefficient (Wildman–Crippen LogP) is 7.41. The molecular weight excluding hydrogens is 375 g/mol. The Labute approximate surface area is 198 Å². The van der Waals surface area contributed by atoms with Crippen molar-refractivity contribution < 1.29 is 19.8 Å². The first-order valence-electron chi connectivity index (χ1n) is 12.4. The van der Waals surface area contributed by atoms with E-state index in [1.807, 2.05) is 0 Å². The zero-order valence-electron chi connectivity index (χ0n) is 19.7. The molecule has 5 heteroatoms. The van der Waals surface area contributed by atoms with E-state index in [-0.39, 0.29) is 0 Å². The van der Waals surface area contributed by atoms with Crippen LogP contribution in [-0.2, 0) is 9.59 Å². The molecular formula is C24H47NaO4. The molecule has 0 aliphatic carbocycles. The van der Waals surface area contributed by atoms with Gasteiger partial charge >= 0.3 is 159 Å². The molecule has 0 spiro atoms. The topological polar surface area (TPSA) is 74.6 Å². The zero-order valence-corrected chi connectivity index (χ0v) is 21.7. The van der Waals surface area contributed by atoms with E-state index in [2.05, 4.69) is 13.8 Å². The van der Waals surface area contributed by atoms with Gasteiger partial charge in [0.25, 0.3) is 0 Å². The Morgan fingerprint density at radius 2 is 0.931 bits per heavy atom. The molecule has 1 unspecified atom stereocenters. The van der Waals surface area contributed by atoms with E-state index in [1.165, 1.54) is 137 Å². The van der Waals surface area contributed by atoms with Gasteiger partial charge in [0, 0.05) is 0 Å². The summed E-state index contributed by atoms with van der Waals surface area (Å²) < 4.78 is 1.55. The van der Waals surface area contributed by atoms with Crippen LogP contribution < -0.4 is 0 Å². The Hall–Kier alpha value is -0.0600. The van der Waals surface area contributed by atoms with Crippen LogP contribution in [-0.4, -0.2) is 50.1 Å². The van der Waals surface area contributed by atoms with Crippen molar-refractivity contribution in [2.24, 2.45) is 5.92 Å². The van der Waals surface area contributed by atoms with Crippen molar-refractivity contribution in [3.8, 4) is 0 Å². The third-order valence-electron chi connectivity index (χ3n) is 5.56. The molecule has 0 aromatic heterocycles. The number of hydrogen-bond donors (Lipinski definition) is 2. The van der Waals surface area contributed by atoms with Crippen LogP contribution in [0.25, 0.3) is 0 Å². The maximum absolute atomic E-state index is 9.43. The molecule has 0 aromatic carbocycles. The van der Waals surface area contributed by atoms with Gasteiger partial charge in [-0.2, -0.15) is 0 Å². The largest absolute Gasteiger partial charge is 0.481 e. The fraction of sp³-hybridized carbons (Fsp3) is 0.917. The summed E-state index contributed by atoms with van der Waals surface area (Å²) in [6, 6.07) is 0. The third-order valence-corrected chi connectivity index (χ3v) is 6.72. The molecule has 0 rings (SSSR count). The summed E-state index contributed by atoms with van der Waals surface area (Å²) in [5, 5.41) is 15.4. The van der Waals surface area contributed by atoms with Gasteiger partial charge in [-0.3, -0.25) is 9.59 Å². The number of rotatable bonds is 20. The number of aliphatic carboxylic acids is 2. The second kappa shape index (κ2) is 26.0. The van der Waals surface area contributed by atoms with Crippen molar-refractivity contribution in [2.45, 2.75) is 133 Å². The van der Waals surface area contributed by atoms with E-state index < -0.39 is 18.4 Å². The van der Waals surface area contributed by atoms with Crippen LogP contribution >= 0.6 is 0 Å². The average Bonchev–Trinajstić information content (AvgIpc) is 2.67. The van der Waals surface area contributed by atoms with Crippen molar-refractivity contribution in [1.82, 2.24) is 0 Å². The summed E-state index contributed by atoms with van der Waals surface area (Å²) in [5.41, 5.74) is 0. The average molecular weight is 423 g/mol. The number of carboxylic acid groups (broad SMARTS) is 2. The maximum atomic E-state index is 9.43. The molecule has 168 valence electrons. The minimum Gasteiger partial charge on any atom is -0.481 e. The van der Waals surface area contributed by atoms with Gasteiger partial charge in [0.15, 0.2) is 0 Å². The van der Waals surface area contributed by atoms with E-state index in [1.54, 1.807) is 3.67 Å². The summed E-state index contributed by atoms with van der Waals surface area (Å²) in [5.74, 6) is -1.54. The van der Waals surface area contributed by atoms with Crippen molar-refractivity contribution in [3.63, 3.8) is 0 Å². The van der Waals surface area contributed by atoms with Gasteiger partial charge in [-0.15, -0.1) is 0 Å². The molecule has 0 aromatic rings. The third kappa shape index (κ3) is 30.2. The van der Waals surface area contributed by atoms with Gasteiger partial charge < -0.3 is 10.2 Å². The Balaban J connectivity index is 0. The van der Waals surface area contributed by atoms with E-state index >= 15 is 0 Å². The standard InChI is InChI=1S/C21H43.C3H4O4.Na/c1-4-6-8-10-11-12-13-14-16-18-20-21(3)19-17-15-9-7-5-2;4-2(5)1-3(6)7;/h21H,3-20H2,1-2H3;1H2,(H,4,5)(H,6,7);. The summed E-state index contributed by atoms with van der Waals surface area (Å²) in [6.07, 6.45) is 24.3. The fourth-order valence-electron chi connectivity index (χ4n) is 3.64.